The lowest BCUT2D eigenvalue weighted by atomic mass is 10.0. The van der Waals surface area contributed by atoms with Gasteiger partial charge in [-0.3, -0.25) is 4.79 Å². The standard InChI is InChI=1S/C12H16FNO3/c1-17-12(16)5-3-10(14)7-8-6-9(13)2-4-11(8)15/h2,4,6,10,15H,3,5,7,14H2,1H3. The van der Waals surface area contributed by atoms with Crippen LogP contribution >= 0.6 is 0 Å². The number of phenols is 1. The second-order valence-corrected chi connectivity index (χ2v) is 3.85. The van der Waals surface area contributed by atoms with Crippen LogP contribution in [0.5, 0.6) is 5.75 Å². The second kappa shape index (κ2) is 6.20. The first kappa shape index (κ1) is 13.4. The van der Waals surface area contributed by atoms with Crippen LogP contribution in [0.25, 0.3) is 0 Å². The minimum atomic E-state index is -0.419. The van der Waals surface area contributed by atoms with E-state index < -0.39 is 5.82 Å². The van der Waals surface area contributed by atoms with Gasteiger partial charge in [-0.2, -0.15) is 0 Å². The summed E-state index contributed by atoms with van der Waals surface area (Å²) < 4.78 is 17.4. The van der Waals surface area contributed by atoms with Crippen molar-refractivity contribution in [3.63, 3.8) is 0 Å². The van der Waals surface area contributed by atoms with Gasteiger partial charge in [-0.15, -0.1) is 0 Å². The number of esters is 1. The lowest BCUT2D eigenvalue weighted by molar-refractivity contribution is -0.140. The van der Waals surface area contributed by atoms with Crippen LogP contribution in [0.2, 0.25) is 0 Å². The number of carbonyl (C=O) groups excluding carboxylic acids is 1. The summed E-state index contributed by atoms with van der Waals surface area (Å²) in [5, 5.41) is 9.49. The third-order valence-electron chi connectivity index (χ3n) is 2.47. The van der Waals surface area contributed by atoms with E-state index in [0.29, 0.717) is 18.4 Å². The van der Waals surface area contributed by atoms with Crippen molar-refractivity contribution < 1.29 is 19.0 Å². The Labute approximate surface area is 99.2 Å². The van der Waals surface area contributed by atoms with Crippen molar-refractivity contribution in [2.24, 2.45) is 5.73 Å². The molecule has 5 heteroatoms. The molecule has 3 N–H and O–H groups in total. The van der Waals surface area contributed by atoms with Crippen molar-refractivity contribution in [1.82, 2.24) is 0 Å². The second-order valence-electron chi connectivity index (χ2n) is 3.85. The van der Waals surface area contributed by atoms with Crippen LogP contribution in [0, 0.1) is 5.82 Å². The Hall–Kier alpha value is -1.62. The Morgan fingerprint density at radius 1 is 1.59 bits per heavy atom. The minimum absolute atomic E-state index is 0.0138. The zero-order valence-electron chi connectivity index (χ0n) is 9.65. The molecule has 0 saturated heterocycles. The lowest BCUT2D eigenvalue weighted by Gasteiger charge is -2.12. The molecule has 0 spiro atoms. The van der Waals surface area contributed by atoms with E-state index in [9.17, 15) is 14.3 Å². The zero-order chi connectivity index (χ0) is 12.8. The first-order valence-corrected chi connectivity index (χ1v) is 5.32. The van der Waals surface area contributed by atoms with Crippen LogP contribution in [0.15, 0.2) is 18.2 Å². The van der Waals surface area contributed by atoms with Crippen molar-refractivity contribution in [3.05, 3.63) is 29.6 Å². The molecule has 0 amide bonds. The van der Waals surface area contributed by atoms with Gasteiger partial charge >= 0.3 is 5.97 Å². The van der Waals surface area contributed by atoms with Gasteiger partial charge < -0.3 is 15.6 Å². The molecule has 0 radical (unpaired) electrons. The lowest BCUT2D eigenvalue weighted by Crippen LogP contribution is -2.24. The zero-order valence-corrected chi connectivity index (χ0v) is 9.65. The van der Waals surface area contributed by atoms with Crippen molar-refractivity contribution >= 4 is 5.97 Å². The molecule has 1 rings (SSSR count). The van der Waals surface area contributed by atoms with E-state index in [1.807, 2.05) is 0 Å². The largest absolute Gasteiger partial charge is 0.508 e. The van der Waals surface area contributed by atoms with Gasteiger partial charge in [0.25, 0.3) is 0 Å². The third-order valence-corrected chi connectivity index (χ3v) is 2.47. The van der Waals surface area contributed by atoms with Gasteiger partial charge in [0.15, 0.2) is 0 Å². The fourth-order valence-electron chi connectivity index (χ4n) is 1.51. The molecular weight excluding hydrogens is 225 g/mol. The van der Waals surface area contributed by atoms with E-state index >= 15 is 0 Å². The molecule has 0 bridgehead atoms. The van der Waals surface area contributed by atoms with Crippen LogP contribution in [0.1, 0.15) is 18.4 Å². The molecule has 0 aliphatic heterocycles. The Kier molecular flexibility index (Phi) is 4.90. The monoisotopic (exact) mass is 241 g/mol. The summed E-state index contributed by atoms with van der Waals surface area (Å²) in [6, 6.07) is 3.39. The van der Waals surface area contributed by atoms with Gasteiger partial charge in [-0.25, -0.2) is 4.39 Å². The number of rotatable bonds is 5. The van der Waals surface area contributed by atoms with Crippen molar-refractivity contribution in [1.29, 1.82) is 0 Å². The molecule has 0 aliphatic carbocycles. The summed E-state index contributed by atoms with van der Waals surface area (Å²) in [5.41, 5.74) is 6.23. The Bertz CT molecular complexity index is 395. The van der Waals surface area contributed by atoms with Crippen LogP contribution in [-0.4, -0.2) is 24.2 Å². The molecule has 94 valence electrons. The minimum Gasteiger partial charge on any atom is -0.508 e. The van der Waals surface area contributed by atoms with Gasteiger partial charge in [0, 0.05) is 12.5 Å². The van der Waals surface area contributed by atoms with Gasteiger partial charge in [0.1, 0.15) is 11.6 Å². The quantitative estimate of drug-likeness (QED) is 0.763. The van der Waals surface area contributed by atoms with E-state index in [4.69, 9.17) is 5.73 Å². The van der Waals surface area contributed by atoms with E-state index in [1.54, 1.807) is 0 Å². The van der Waals surface area contributed by atoms with Gasteiger partial charge in [0.05, 0.1) is 7.11 Å². The Morgan fingerprint density at radius 3 is 2.94 bits per heavy atom. The van der Waals surface area contributed by atoms with Crippen LogP contribution in [0.4, 0.5) is 4.39 Å². The number of halogens is 1. The summed E-state index contributed by atoms with van der Waals surface area (Å²) in [5.74, 6) is -0.734. The summed E-state index contributed by atoms with van der Waals surface area (Å²) in [7, 11) is 1.31. The molecule has 1 aromatic carbocycles. The summed E-state index contributed by atoms with van der Waals surface area (Å²) in [6.45, 7) is 0. The molecule has 0 fully saturated rings. The number of phenolic OH excluding ortho intramolecular Hbond substituents is 1. The number of hydrogen-bond donors (Lipinski definition) is 2. The number of benzene rings is 1. The first-order valence-electron chi connectivity index (χ1n) is 5.32. The number of methoxy groups -OCH3 is 1. The highest BCUT2D eigenvalue weighted by atomic mass is 19.1. The summed E-state index contributed by atoms with van der Waals surface area (Å²) in [6.07, 6.45) is 0.969. The van der Waals surface area contributed by atoms with Crippen LogP contribution in [0.3, 0.4) is 0 Å². The molecule has 1 unspecified atom stereocenters. The Morgan fingerprint density at radius 2 is 2.29 bits per heavy atom. The van der Waals surface area contributed by atoms with E-state index in [2.05, 4.69) is 4.74 Å². The SMILES string of the molecule is COC(=O)CCC(N)Cc1cc(F)ccc1O. The number of hydrogen-bond acceptors (Lipinski definition) is 4. The van der Waals surface area contributed by atoms with E-state index in [0.717, 1.165) is 0 Å². The predicted octanol–water partition coefficient (Wildman–Crippen LogP) is 1.35. The maximum Gasteiger partial charge on any atom is 0.305 e. The average molecular weight is 241 g/mol. The average Bonchev–Trinajstić information content (AvgIpc) is 2.30. The van der Waals surface area contributed by atoms with Gasteiger partial charge in [0.2, 0.25) is 0 Å². The summed E-state index contributed by atoms with van der Waals surface area (Å²) >= 11 is 0. The molecule has 1 aromatic rings. The molecule has 1 atom stereocenters. The fourth-order valence-corrected chi connectivity index (χ4v) is 1.51. The molecule has 4 nitrogen and oxygen atoms in total. The van der Waals surface area contributed by atoms with Crippen LogP contribution < -0.4 is 5.73 Å². The molecule has 0 aromatic heterocycles. The van der Waals surface area contributed by atoms with Gasteiger partial charge in [-0.1, -0.05) is 0 Å². The molecular formula is C12H16FNO3. The fraction of sp³-hybridized carbons (Fsp3) is 0.417. The highest BCUT2D eigenvalue weighted by Crippen LogP contribution is 2.20. The first-order chi connectivity index (χ1) is 8.02. The van der Waals surface area contributed by atoms with Crippen molar-refractivity contribution in [2.75, 3.05) is 7.11 Å². The normalized spacial score (nSPS) is 12.2. The third kappa shape index (κ3) is 4.40. The van der Waals surface area contributed by atoms with Crippen molar-refractivity contribution in [2.45, 2.75) is 25.3 Å². The highest BCUT2D eigenvalue weighted by molar-refractivity contribution is 5.69. The number of carbonyl (C=O) groups is 1. The number of aromatic hydroxyl groups is 1. The maximum atomic E-state index is 12.9. The number of ether oxygens (including phenoxy) is 1. The Balaban J connectivity index is 2.52. The smallest absolute Gasteiger partial charge is 0.305 e. The molecule has 0 saturated carbocycles. The molecule has 17 heavy (non-hydrogen) atoms. The summed E-state index contributed by atoms with van der Waals surface area (Å²) in [4.78, 5) is 10.9. The van der Waals surface area contributed by atoms with E-state index in [1.165, 1.54) is 25.3 Å². The number of nitrogens with two attached hydrogens (primary N) is 1. The topological polar surface area (TPSA) is 72.5 Å². The maximum absolute atomic E-state index is 12.9. The van der Waals surface area contributed by atoms with Crippen molar-refractivity contribution in [3.8, 4) is 5.75 Å². The van der Waals surface area contributed by atoms with Gasteiger partial charge in [-0.05, 0) is 36.6 Å². The van der Waals surface area contributed by atoms with E-state index in [-0.39, 0.29) is 24.2 Å². The molecule has 0 aliphatic rings. The highest BCUT2D eigenvalue weighted by Gasteiger charge is 2.11. The van der Waals surface area contributed by atoms with Crippen LogP contribution in [-0.2, 0) is 16.0 Å². The molecule has 0 heterocycles. The predicted molar refractivity (Wildman–Crippen MR) is 61.0 cm³/mol.